The lowest BCUT2D eigenvalue weighted by Gasteiger charge is -2.38. The monoisotopic (exact) mass is 331 g/mol. The van der Waals surface area contributed by atoms with E-state index < -0.39 is 0 Å². The van der Waals surface area contributed by atoms with Gasteiger partial charge in [-0.1, -0.05) is 12.1 Å². The molecule has 0 aromatic heterocycles. The maximum Gasteiger partial charge on any atom is 0.234 e. The maximum absolute atomic E-state index is 12.6. The van der Waals surface area contributed by atoms with Crippen molar-refractivity contribution in [1.29, 1.82) is 0 Å². The predicted molar refractivity (Wildman–Crippen MR) is 95.1 cm³/mol. The zero-order valence-corrected chi connectivity index (χ0v) is 15.0. The minimum atomic E-state index is 0.131. The van der Waals surface area contributed by atoms with Crippen molar-refractivity contribution in [2.75, 3.05) is 40.3 Å². The first-order valence-electron chi connectivity index (χ1n) is 8.92. The lowest BCUT2D eigenvalue weighted by atomic mass is 10.0. The summed E-state index contributed by atoms with van der Waals surface area (Å²) in [7, 11) is 3.81. The Hall–Kier alpha value is -1.59. The van der Waals surface area contributed by atoms with Gasteiger partial charge >= 0.3 is 0 Å². The number of nitrogens with zero attached hydrogens (tertiary/aromatic N) is 2. The van der Waals surface area contributed by atoms with Crippen molar-refractivity contribution in [3.63, 3.8) is 0 Å². The van der Waals surface area contributed by atoms with E-state index in [1.165, 1.54) is 18.4 Å². The second-order valence-electron chi connectivity index (χ2n) is 7.24. The lowest BCUT2D eigenvalue weighted by Crippen LogP contribution is -2.53. The van der Waals surface area contributed by atoms with Crippen LogP contribution in [0.25, 0.3) is 0 Å². The van der Waals surface area contributed by atoms with Crippen LogP contribution in [0.3, 0.4) is 0 Å². The second kappa shape index (κ2) is 7.53. The molecule has 1 aromatic carbocycles. The number of amides is 1. The Labute approximate surface area is 145 Å². The molecular weight excluding hydrogens is 302 g/mol. The number of hydrogen-bond acceptors (Lipinski definition) is 4. The average Bonchev–Trinajstić information content (AvgIpc) is 3.40. The van der Waals surface area contributed by atoms with E-state index in [1.807, 2.05) is 12.1 Å². The van der Waals surface area contributed by atoms with Crippen molar-refractivity contribution in [3.8, 4) is 5.75 Å². The Kier molecular flexibility index (Phi) is 5.41. The van der Waals surface area contributed by atoms with Crippen molar-refractivity contribution in [3.05, 3.63) is 29.8 Å². The minimum absolute atomic E-state index is 0.131. The molecule has 1 N–H and O–H groups in total. The number of benzene rings is 1. The SMILES string of the molecule is COc1ccc([C@@H](NC(=O)CN2CCN(C)C[C@@H]2C)C2CC2)cc1. The molecule has 3 rings (SSSR count). The normalized spacial score (nSPS) is 23.7. The third-order valence-electron chi connectivity index (χ3n) is 5.20. The first-order valence-corrected chi connectivity index (χ1v) is 8.92. The molecule has 1 heterocycles. The summed E-state index contributed by atoms with van der Waals surface area (Å²) in [5.74, 6) is 1.57. The molecule has 0 spiro atoms. The van der Waals surface area contributed by atoms with Crippen LogP contribution in [0.2, 0.25) is 0 Å². The highest BCUT2D eigenvalue weighted by atomic mass is 16.5. The van der Waals surface area contributed by atoms with Gasteiger partial charge in [0.15, 0.2) is 0 Å². The number of methoxy groups -OCH3 is 1. The van der Waals surface area contributed by atoms with Gasteiger partial charge in [0.2, 0.25) is 5.91 Å². The third kappa shape index (κ3) is 4.28. The number of carbonyl (C=O) groups is 1. The van der Waals surface area contributed by atoms with Gasteiger partial charge in [0.1, 0.15) is 5.75 Å². The quantitative estimate of drug-likeness (QED) is 0.865. The van der Waals surface area contributed by atoms with Crippen LogP contribution in [0.15, 0.2) is 24.3 Å². The molecule has 2 aliphatic rings. The minimum Gasteiger partial charge on any atom is -0.497 e. The van der Waals surface area contributed by atoms with Crippen LogP contribution in [0.1, 0.15) is 31.4 Å². The van der Waals surface area contributed by atoms with Gasteiger partial charge < -0.3 is 15.0 Å². The summed E-state index contributed by atoms with van der Waals surface area (Å²) in [6, 6.07) is 8.64. The molecular formula is C19H29N3O2. The molecule has 1 aliphatic heterocycles. The van der Waals surface area contributed by atoms with Gasteiger partial charge in [-0.3, -0.25) is 9.69 Å². The fraction of sp³-hybridized carbons (Fsp3) is 0.632. The van der Waals surface area contributed by atoms with E-state index in [4.69, 9.17) is 4.74 Å². The van der Waals surface area contributed by atoms with Gasteiger partial charge in [-0.2, -0.15) is 0 Å². The summed E-state index contributed by atoms with van der Waals surface area (Å²) in [6.07, 6.45) is 2.39. The maximum atomic E-state index is 12.6. The Morgan fingerprint density at radius 3 is 2.58 bits per heavy atom. The molecule has 0 radical (unpaired) electrons. The molecule has 1 saturated carbocycles. The van der Waals surface area contributed by atoms with Gasteiger partial charge in [0.25, 0.3) is 0 Å². The van der Waals surface area contributed by atoms with Crippen molar-refractivity contribution in [1.82, 2.24) is 15.1 Å². The molecule has 2 atom stereocenters. The Balaban J connectivity index is 1.60. The zero-order chi connectivity index (χ0) is 17.1. The standard InChI is InChI=1S/C19H29N3O2/c1-14-12-21(2)10-11-22(14)13-18(23)20-19(15-4-5-15)16-6-8-17(24-3)9-7-16/h6-9,14-15,19H,4-5,10-13H2,1-3H3,(H,20,23)/t14-,19-/m0/s1. The Morgan fingerprint density at radius 1 is 1.29 bits per heavy atom. The topological polar surface area (TPSA) is 44.8 Å². The number of likely N-dealkylation sites (N-methyl/N-ethyl adjacent to an activating group) is 1. The molecule has 132 valence electrons. The molecule has 1 amide bonds. The summed E-state index contributed by atoms with van der Waals surface area (Å²) in [4.78, 5) is 17.2. The van der Waals surface area contributed by atoms with Crippen molar-refractivity contribution < 1.29 is 9.53 Å². The average molecular weight is 331 g/mol. The first-order chi connectivity index (χ1) is 11.6. The van der Waals surface area contributed by atoms with Crippen LogP contribution in [0, 0.1) is 5.92 Å². The fourth-order valence-electron chi connectivity index (χ4n) is 3.53. The zero-order valence-electron chi connectivity index (χ0n) is 15.0. The van der Waals surface area contributed by atoms with Gasteiger partial charge in [0, 0.05) is 25.7 Å². The fourth-order valence-corrected chi connectivity index (χ4v) is 3.53. The number of piperazine rings is 1. The van der Waals surface area contributed by atoms with E-state index in [2.05, 4.69) is 41.2 Å². The Morgan fingerprint density at radius 2 is 2.00 bits per heavy atom. The van der Waals surface area contributed by atoms with E-state index in [-0.39, 0.29) is 11.9 Å². The predicted octanol–water partition coefficient (Wildman–Crippen LogP) is 1.90. The molecule has 24 heavy (non-hydrogen) atoms. The summed E-state index contributed by atoms with van der Waals surface area (Å²) in [5, 5.41) is 3.28. The molecule has 2 fully saturated rings. The first kappa shape index (κ1) is 17.2. The van der Waals surface area contributed by atoms with Crippen molar-refractivity contribution >= 4 is 5.91 Å². The van der Waals surface area contributed by atoms with E-state index in [1.54, 1.807) is 7.11 Å². The number of carbonyl (C=O) groups excluding carboxylic acids is 1. The van der Waals surface area contributed by atoms with E-state index in [9.17, 15) is 4.79 Å². The highest BCUT2D eigenvalue weighted by molar-refractivity contribution is 5.78. The smallest absolute Gasteiger partial charge is 0.234 e. The number of nitrogens with one attached hydrogen (secondary N) is 1. The van der Waals surface area contributed by atoms with Crippen LogP contribution in [0.5, 0.6) is 5.75 Å². The summed E-state index contributed by atoms with van der Waals surface area (Å²) < 4.78 is 5.23. The van der Waals surface area contributed by atoms with Crippen LogP contribution in [-0.4, -0.2) is 62.1 Å². The Bertz CT molecular complexity index is 556. The molecule has 1 aliphatic carbocycles. The van der Waals surface area contributed by atoms with Gasteiger partial charge in [-0.05, 0) is 50.4 Å². The summed E-state index contributed by atoms with van der Waals surface area (Å²) in [5.41, 5.74) is 1.18. The largest absolute Gasteiger partial charge is 0.497 e. The third-order valence-corrected chi connectivity index (χ3v) is 5.20. The summed E-state index contributed by atoms with van der Waals surface area (Å²) >= 11 is 0. The molecule has 1 saturated heterocycles. The lowest BCUT2D eigenvalue weighted by molar-refractivity contribution is -0.124. The summed E-state index contributed by atoms with van der Waals surface area (Å²) in [6.45, 7) is 5.71. The van der Waals surface area contributed by atoms with Gasteiger partial charge in [-0.25, -0.2) is 0 Å². The van der Waals surface area contributed by atoms with Crippen molar-refractivity contribution in [2.45, 2.75) is 31.8 Å². The highest BCUT2D eigenvalue weighted by Crippen LogP contribution is 2.41. The number of ether oxygens (including phenoxy) is 1. The van der Waals surface area contributed by atoms with Crippen LogP contribution in [0.4, 0.5) is 0 Å². The van der Waals surface area contributed by atoms with Crippen LogP contribution >= 0.6 is 0 Å². The molecule has 5 heteroatoms. The highest BCUT2D eigenvalue weighted by Gasteiger charge is 2.34. The number of hydrogen-bond donors (Lipinski definition) is 1. The second-order valence-corrected chi connectivity index (χ2v) is 7.24. The molecule has 0 bridgehead atoms. The van der Waals surface area contributed by atoms with E-state index >= 15 is 0 Å². The van der Waals surface area contributed by atoms with Gasteiger partial charge in [0.05, 0.1) is 19.7 Å². The van der Waals surface area contributed by atoms with E-state index in [0.717, 1.165) is 25.4 Å². The van der Waals surface area contributed by atoms with Crippen LogP contribution < -0.4 is 10.1 Å². The van der Waals surface area contributed by atoms with Crippen LogP contribution in [-0.2, 0) is 4.79 Å². The molecule has 1 aromatic rings. The number of rotatable bonds is 6. The molecule has 0 unspecified atom stereocenters. The van der Waals surface area contributed by atoms with Gasteiger partial charge in [-0.15, -0.1) is 0 Å². The van der Waals surface area contributed by atoms with Crippen molar-refractivity contribution in [2.24, 2.45) is 5.92 Å². The van der Waals surface area contributed by atoms with E-state index in [0.29, 0.717) is 18.5 Å². The molecule has 5 nitrogen and oxygen atoms in total.